The zero-order chi connectivity index (χ0) is 19.8. The minimum atomic E-state index is -4.15. The lowest BCUT2D eigenvalue weighted by Gasteiger charge is -2.24. The van der Waals surface area contributed by atoms with Crippen molar-refractivity contribution in [3.05, 3.63) is 58.1 Å². The quantitative estimate of drug-likeness (QED) is 0.808. The van der Waals surface area contributed by atoms with Crippen LogP contribution in [0, 0.1) is 6.92 Å². The number of rotatable bonds is 4. The molecule has 6 nitrogen and oxygen atoms in total. The molecule has 2 aromatic carbocycles. The lowest BCUT2D eigenvalue weighted by molar-refractivity contribution is -0.128. The zero-order valence-corrected chi connectivity index (χ0v) is 16.6. The molecule has 1 aliphatic heterocycles. The number of aryl methyl sites for hydroxylation is 1. The number of benzene rings is 2. The average molecular weight is 427 g/mol. The summed E-state index contributed by atoms with van der Waals surface area (Å²) in [4.78, 5) is 24.9. The molecule has 0 spiro atoms. The van der Waals surface area contributed by atoms with Crippen LogP contribution in [0.3, 0.4) is 0 Å². The van der Waals surface area contributed by atoms with Gasteiger partial charge in [0.1, 0.15) is 6.04 Å². The molecule has 0 bridgehead atoms. The Morgan fingerprint density at radius 2 is 1.81 bits per heavy atom. The van der Waals surface area contributed by atoms with Crippen LogP contribution in [0.2, 0.25) is 10.0 Å². The number of nitrogens with one attached hydrogen (secondary N) is 1. The first-order valence-corrected chi connectivity index (χ1v) is 10.3. The molecular weight excluding hydrogens is 411 g/mol. The summed E-state index contributed by atoms with van der Waals surface area (Å²) in [5.41, 5.74) is 1.13. The minimum Gasteiger partial charge on any atom is -0.323 e. The second-order valence-corrected chi connectivity index (χ2v) is 8.75. The summed E-state index contributed by atoms with van der Waals surface area (Å²) in [5.74, 6) is -1.26. The first kappa shape index (κ1) is 19.7. The Bertz CT molecular complexity index is 1010. The maximum Gasteiger partial charge on any atom is 0.267 e. The van der Waals surface area contributed by atoms with E-state index < -0.39 is 27.9 Å². The molecule has 0 unspecified atom stereocenters. The minimum absolute atomic E-state index is 0.0353. The Kier molecular flexibility index (Phi) is 5.46. The van der Waals surface area contributed by atoms with Crippen molar-refractivity contribution in [3.8, 4) is 0 Å². The third-order valence-corrected chi connectivity index (χ3v) is 6.91. The van der Waals surface area contributed by atoms with Gasteiger partial charge in [-0.2, -0.15) is 0 Å². The molecular formula is C18H16Cl2N2O4S. The third-order valence-electron chi connectivity index (χ3n) is 4.25. The van der Waals surface area contributed by atoms with Crippen molar-refractivity contribution in [1.82, 2.24) is 4.31 Å². The van der Waals surface area contributed by atoms with Gasteiger partial charge < -0.3 is 5.32 Å². The van der Waals surface area contributed by atoms with E-state index in [1.54, 1.807) is 30.3 Å². The van der Waals surface area contributed by atoms with Crippen LogP contribution in [0.5, 0.6) is 0 Å². The molecule has 0 saturated carbocycles. The van der Waals surface area contributed by atoms with Gasteiger partial charge in [-0.15, -0.1) is 0 Å². The van der Waals surface area contributed by atoms with Crippen LogP contribution in [0.15, 0.2) is 47.4 Å². The van der Waals surface area contributed by atoms with E-state index in [1.165, 1.54) is 12.1 Å². The van der Waals surface area contributed by atoms with E-state index in [4.69, 9.17) is 23.2 Å². The Morgan fingerprint density at radius 1 is 1.15 bits per heavy atom. The summed E-state index contributed by atoms with van der Waals surface area (Å²) >= 11 is 12.0. The normalized spacial score (nSPS) is 17.2. The molecule has 1 N–H and O–H groups in total. The molecule has 1 aliphatic rings. The number of amides is 2. The Morgan fingerprint density at radius 3 is 2.48 bits per heavy atom. The van der Waals surface area contributed by atoms with Crippen LogP contribution in [0.1, 0.15) is 18.4 Å². The predicted molar refractivity (Wildman–Crippen MR) is 103 cm³/mol. The highest BCUT2D eigenvalue weighted by Gasteiger charge is 2.44. The Balaban J connectivity index is 1.91. The van der Waals surface area contributed by atoms with Crippen LogP contribution in [0.4, 0.5) is 5.69 Å². The molecule has 2 amide bonds. The molecule has 27 heavy (non-hydrogen) atoms. The molecule has 0 radical (unpaired) electrons. The van der Waals surface area contributed by atoms with Crippen molar-refractivity contribution in [1.29, 1.82) is 0 Å². The highest BCUT2D eigenvalue weighted by atomic mass is 35.5. The smallest absolute Gasteiger partial charge is 0.267 e. The van der Waals surface area contributed by atoms with Gasteiger partial charge in [0.25, 0.3) is 10.0 Å². The number of hydrogen-bond donors (Lipinski definition) is 1. The van der Waals surface area contributed by atoms with Crippen molar-refractivity contribution in [3.63, 3.8) is 0 Å². The van der Waals surface area contributed by atoms with Gasteiger partial charge in [-0.05, 0) is 37.6 Å². The monoisotopic (exact) mass is 426 g/mol. The van der Waals surface area contributed by atoms with E-state index in [0.29, 0.717) is 4.31 Å². The topological polar surface area (TPSA) is 83.6 Å². The van der Waals surface area contributed by atoms with Crippen LogP contribution in [0.25, 0.3) is 0 Å². The predicted octanol–water partition coefficient (Wildman–Crippen LogP) is 3.62. The SMILES string of the molecule is Cc1ccc(S(=O)(=O)N2C(=O)CC[C@H]2C(=O)Nc2cccc(Cl)c2Cl)cc1. The summed E-state index contributed by atoms with van der Waals surface area (Å²) in [6.45, 7) is 1.82. The van der Waals surface area contributed by atoms with Crippen molar-refractivity contribution in [2.75, 3.05) is 5.32 Å². The highest BCUT2D eigenvalue weighted by molar-refractivity contribution is 7.89. The fraction of sp³-hybridized carbons (Fsp3) is 0.222. The van der Waals surface area contributed by atoms with Crippen LogP contribution in [-0.2, 0) is 19.6 Å². The molecule has 142 valence electrons. The van der Waals surface area contributed by atoms with E-state index in [9.17, 15) is 18.0 Å². The molecule has 3 rings (SSSR count). The van der Waals surface area contributed by atoms with Gasteiger partial charge >= 0.3 is 0 Å². The molecule has 0 aliphatic carbocycles. The third kappa shape index (κ3) is 3.81. The summed E-state index contributed by atoms with van der Waals surface area (Å²) in [5, 5.41) is 2.96. The fourth-order valence-electron chi connectivity index (χ4n) is 2.84. The molecule has 2 aromatic rings. The molecule has 1 saturated heterocycles. The number of carbonyl (C=O) groups excluding carboxylic acids is 2. The maximum atomic E-state index is 12.9. The van der Waals surface area contributed by atoms with Gasteiger partial charge in [0, 0.05) is 6.42 Å². The van der Waals surface area contributed by atoms with Crippen LogP contribution in [-0.4, -0.2) is 30.6 Å². The summed E-state index contributed by atoms with van der Waals surface area (Å²) in [6.07, 6.45) is 0.0560. The van der Waals surface area contributed by atoms with Crippen LogP contribution < -0.4 is 5.32 Å². The fourth-order valence-corrected chi connectivity index (χ4v) is 4.79. The van der Waals surface area contributed by atoms with Crippen molar-refractivity contribution in [2.24, 2.45) is 0 Å². The van der Waals surface area contributed by atoms with E-state index >= 15 is 0 Å². The number of anilines is 1. The van der Waals surface area contributed by atoms with Crippen molar-refractivity contribution in [2.45, 2.75) is 30.7 Å². The number of hydrogen-bond acceptors (Lipinski definition) is 4. The van der Waals surface area contributed by atoms with E-state index in [0.717, 1.165) is 5.56 Å². The van der Waals surface area contributed by atoms with Gasteiger partial charge in [0.2, 0.25) is 11.8 Å². The number of halogens is 2. The second-order valence-electron chi connectivity index (χ2n) is 6.15. The molecule has 0 aromatic heterocycles. The Labute approximate surface area is 167 Å². The first-order chi connectivity index (χ1) is 12.7. The summed E-state index contributed by atoms with van der Waals surface area (Å²) in [7, 11) is -4.15. The van der Waals surface area contributed by atoms with Gasteiger partial charge in [-0.25, -0.2) is 12.7 Å². The van der Waals surface area contributed by atoms with Gasteiger partial charge in [-0.1, -0.05) is 47.0 Å². The standard InChI is InChI=1S/C18H16Cl2N2O4S/c1-11-5-7-12(8-6-11)27(25,26)22-15(9-10-16(22)23)18(24)21-14-4-2-3-13(19)17(14)20/h2-8,15H,9-10H2,1H3,(H,21,24)/t15-/m0/s1. The van der Waals surface area contributed by atoms with Crippen molar-refractivity contribution >= 4 is 50.7 Å². The average Bonchev–Trinajstić information content (AvgIpc) is 3.02. The lowest BCUT2D eigenvalue weighted by atomic mass is 10.2. The van der Waals surface area contributed by atoms with Gasteiger partial charge in [-0.3, -0.25) is 9.59 Å². The van der Waals surface area contributed by atoms with Crippen LogP contribution >= 0.6 is 23.2 Å². The maximum absolute atomic E-state index is 12.9. The molecule has 1 fully saturated rings. The second kappa shape index (κ2) is 7.50. The number of sulfonamides is 1. The first-order valence-electron chi connectivity index (χ1n) is 8.10. The summed E-state index contributed by atoms with van der Waals surface area (Å²) in [6, 6.07) is 9.65. The van der Waals surface area contributed by atoms with Crippen molar-refractivity contribution < 1.29 is 18.0 Å². The highest BCUT2D eigenvalue weighted by Crippen LogP contribution is 2.32. The molecule has 1 atom stereocenters. The lowest BCUT2D eigenvalue weighted by Crippen LogP contribution is -2.45. The Hall–Kier alpha value is -2.09. The molecule has 1 heterocycles. The summed E-state index contributed by atoms with van der Waals surface area (Å²) < 4.78 is 26.5. The largest absolute Gasteiger partial charge is 0.323 e. The van der Waals surface area contributed by atoms with E-state index in [2.05, 4.69) is 5.32 Å². The molecule has 9 heteroatoms. The zero-order valence-electron chi connectivity index (χ0n) is 14.3. The van der Waals surface area contributed by atoms with E-state index in [1.807, 2.05) is 6.92 Å². The van der Waals surface area contributed by atoms with Gasteiger partial charge in [0.05, 0.1) is 20.6 Å². The van der Waals surface area contributed by atoms with Gasteiger partial charge in [0.15, 0.2) is 0 Å². The van der Waals surface area contributed by atoms with E-state index in [-0.39, 0.29) is 33.5 Å². The number of carbonyl (C=O) groups is 2. The number of nitrogens with zero attached hydrogens (tertiary/aromatic N) is 1.